The molecule has 1 aromatic carbocycles. The zero-order valence-corrected chi connectivity index (χ0v) is 12.0. The number of benzene rings is 1. The van der Waals surface area contributed by atoms with Crippen molar-refractivity contribution in [2.24, 2.45) is 0 Å². The van der Waals surface area contributed by atoms with Crippen LogP contribution in [0.25, 0.3) is 0 Å². The number of nitrogens with zero attached hydrogens (tertiary/aromatic N) is 1. The van der Waals surface area contributed by atoms with Gasteiger partial charge in [0.15, 0.2) is 0 Å². The van der Waals surface area contributed by atoms with Gasteiger partial charge in [0, 0.05) is 12.6 Å². The zero-order valence-electron chi connectivity index (χ0n) is 12.0. The van der Waals surface area contributed by atoms with Crippen LogP contribution in [0.4, 0.5) is 0 Å². The van der Waals surface area contributed by atoms with Crippen molar-refractivity contribution in [3.8, 4) is 0 Å². The number of hydrogen-bond acceptors (Lipinski definition) is 3. The van der Waals surface area contributed by atoms with E-state index in [0.717, 1.165) is 26.1 Å². The predicted molar refractivity (Wildman–Crippen MR) is 77.3 cm³/mol. The largest absolute Gasteiger partial charge is 0.394 e. The summed E-state index contributed by atoms with van der Waals surface area (Å²) in [6, 6.07) is 11.1. The van der Waals surface area contributed by atoms with Crippen LogP contribution < -0.4 is 0 Å². The summed E-state index contributed by atoms with van der Waals surface area (Å²) in [5, 5.41) is 9.20. The Morgan fingerprint density at radius 3 is 2.79 bits per heavy atom. The molecule has 3 nitrogen and oxygen atoms in total. The zero-order chi connectivity index (χ0) is 13.7. The monoisotopic (exact) mass is 263 g/mol. The Bertz CT molecular complexity index is 368. The molecular formula is C16H25NO2. The van der Waals surface area contributed by atoms with Crippen molar-refractivity contribution < 1.29 is 9.84 Å². The molecule has 2 rings (SSSR count). The second-order valence-corrected chi connectivity index (χ2v) is 5.58. The molecule has 1 saturated heterocycles. The van der Waals surface area contributed by atoms with Gasteiger partial charge >= 0.3 is 0 Å². The maximum absolute atomic E-state index is 9.20. The smallest absolute Gasteiger partial charge is 0.0933 e. The second-order valence-electron chi connectivity index (χ2n) is 5.58. The van der Waals surface area contributed by atoms with E-state index >= 15 is 0 Å². The first-order valence-electron chi connectivity index (χ1n) is 7.22. The first-order valence-corrected chi connectivity index (χ1v) is 7.22. The standard InChI is InChI=1S/C16H25NO2/c1-13(15-6-4-3-5-7-15)8-9-17-10-16(11-18)19-12-14(17)2/h3-7,13-14,16,18H,8-12H2,1-2H3/t13-,14-,16+/m1/s1. The van der Waals surface area contributed by atoms with Crippen LogP contribution >= 0.6 is 0 Å². The molecule has 0 aliphatic carbocycles. The summed E-state index contributed by atoms with van der Waals surface area (Å²) in [6.07, 6.45) is 1.13. The molecule has 1 aliphatic rings. The Balaban J connectivity index is 1.84. The molecule has 0 radical (unpaired) electrons. The van der Waals surface area contributed by atoms with Gasteiger partial charge in [-0.15, -0.1) is 0 Å². The molecule has 19 heavy (non-hydrogen) atoms. The first-order chi connectivity index (χ1) is 9.20. The van der Waals surface area contributed by atoms with Gasteiger partial charge in [0.2, 0.25) is 0 Å². The molecule has 0 unspecified atom stereocenters. The maximum Gasteiger partial charge on any atom is 0.0933 e. The van der Waals surface area contributed by atoms with E-state index in [1.165, 1.54) is 5.56 Å². The lowest BCUT2D eigenvalue weighted by Gasteiger charge is -2.37. The van der Waals surface area contributed by atoms with Gasteiger partial charge < -0.3 is 9.84 Å². The van der Waals surface area contributed by atoms with Gasteiger partial charge in [0.25, 0.3) is 0 Å². The molecule has 1 aromatic rings. The third-order valence-electron chi connectivity index (χ3n) is 4.06. The van der Waals surface area contributed by atoms with Gasteiger partial charge in [-0.05, 0) is 31.4 Å². The average Bonchev–Trinajstić information content (AvgIpc) is 2.47. The van der Waals surface area contributed by atoms with E-state index in [1.807, 2.05) is 0 Å². The molecule has 3 heteroatoms. The Morgan fingerprint density at radius 2 is 2.11 bits per heavy atom. The Labute approximate surface area is 116 Å². The molecule has 0 aromatic heterocycles. The average molecular weight is 263 g/mol. The van der Waals surface area contributed by atoms with Gasteiger partial charge in [-0.1, -0.05) is 37.3 Å². The minimum Gasteiger partial charge on any atom is -0.394 e. The molecule has 0 bridgehead atoms. The lowest BCUT2D eigenvalue weighted by atomic mass is 9.97. The number of aliphatic hydroxyl groups is 1. The van der Waals surface area contributed by atoms with E-state index < -0.39 is 0 Å². The number of hydrogen-bond donors (Lipinski definition) is 1. The number of morpholine rings is 1. The summed E-state index contributed by atoms with van der Waals surface area (Å²) in [7, 11) is 0. The molecular weight excluding hydrogens is 238 g/mol. The first kappa shape index (κ1) is 14.5. The van der Waals surface area contributed by atoms with Crippen LogP contribution in [0.2, 0.25) is 0 Å². The van der Waals surface area contributed by atoms with Crippen LogP contribution in [-0.4, -0.2) is 48.5 Å². The number of aliphatic hydroxyl groups excluding tert-OH is 1. The van der Waals surface area contributed by atoms with Gasteiger partial charge in [-0.25, -0.2) is 0 Å². The highest BCUT2D eigenvalue weighted by Crippen LogP contribution is 2.20. The highest BCUT2D eigenvalue weighted by atomic mass is 16.5. The summed E-state index contributed by atoms with van der Waals surface area (Å²) in [4.78, 5) is 2.43. The van der Waals surface area contributed by atoms with Gasteiger partial charge in [-0.2, -0.15) is 0 Å². The van der Waals surface area contributed by atoms with Crippen molar-refractivity contribution in [3.05, 3.63) is 35.9 Å². The molecule has 1 N–H and O–H groups in total. The predicted octanol–water partition coefficient (Wildman–Crippen LogP) is 2.26. The van der Waals surface area contributed by atoms with Crippen molar-refractivity contribution in [2.45, 2.75) is 38.3 Å². The summed E-state index contributed by atoms with van der Waals surface area (Å²) in [5.74, 6) is 0.573. The second kappa shape index (κ2) is 7.04. The van der Waals surface area contributed by atoms with Crippen molar-refractivity contribution >= 4 is 0 Å². The van der Waals surface area contributed by atoms with Crippen LogP contribution in [0.15, 0.2) is 30.3 Å². The number of rotatable bonds is 5. The van der Waals surface area contributed by atoms with E-state index in [4.69, 9.17) is 4.74 Å². The molecule has 0 amide bonds. The van der Waals surface area contributed by atoms with Crippen LogP contribution in [0.3, 0.4) is 0 Å². The Morgan fingerprint density at radius 1 is 1.37 bits per heavy atom. The quantitative estimate of drug-likeness (QED) is 0.884. The molecule has 1 heterocycles. The highest BCUT2D eigenvalue weighted by Gasteiger charge is 2.25. The molecule has 3 atom stereocenters. The van der Waals surface area contributed by atoms with Crippen molar-refractivity contribution in [1.82, 2.24) is 4.90 Å². The number of ether oxygens (including phenoxy) is 1. The third kappa shape index (κ3) is 4.03. The van der Waals surface area contributed by atoms with E-state index in [9.17, 15) is 5.11 Å². The van der Waals surface area contributed by atoms with Gasteiger partial charge in [-0.3, -0.25) is 4.90 Å². The van der Waals surface area contributed by atoms with E-state index in [-0.39, 0.29) is 12.7 Å². The normalized spacial score (nSPS) is 26.3. The SMILES string of the molecule is C[C@H](CCN1C[C@@H](CO)OC[C@H]1C)c1ccccc1. The fourth-order valence-electron chi connectivity index (χ4n) is 2.60. The van der Waals surface area contributed by atoms with E-state index in [2.05, 4.69) is 49.1 Å². The Hall–Kier alpha value is -0.900. The Kier molecular flexibility index (Phi) is 5.37. The highest BCUT2D eigenvalue weighted by molar-refractivity contribution is 5.18. The third-order valence-corrected chi connectivity index (χ3v) is 4.06. The van der Waals surface area contributed by atoms with Crippen molar-refractivity contribution in [1.29, 1.82) is 0 Å². The van der Waals surface area contributed by atoms with Crippen molar-refractivity contribution in [2.75, 3.05) is 26.3 Å². The summed E-state index contributed by atoms with van der Waals surface area (Å²) in [6.45, 7) is 7.24. The van der Waals surface area contributed by atoms with Gasteiger partial charge in [0.1, 0.15) is 0 Å². The van der Waals surface area contributed by atoms with Crippen LogP contribution in [0, 0.1) is 0 Å². The molecule has 0 spiro atoms. The summed E-state index contributed by atoms with van der Waals surface area (Å²) < 4.78 is 5.57. The summed E-state index contributed by atoms with van der Waals surface area (Å²) >= 11 is 0. The van der Waals surface area contributed by atoms with Crippen molar-refractivity contribution in [3.63, 3.8) is 0 Å². The van der Waals surface area contributed by atoms with E-state index in [0.29, 0.717) is 12.0 Å². The van der Waals surface area contributed by atoms with Crippen LogP contribution in [-0.2, 0) is 4.74 Å². The minimum atomic E-state index is -0.0109. The van der Waals surface area contributed by atoms with E-state index in [1.54, 1.807) is 0 Å². The molecule has 1 aliphatic heterocycles. The van der Waals surface area contributed by atoms with Crippen LogP contribution in [0.1, 0.15) is 31.7 Å². The fourth-order valence-corrected chi connectivity index (χ4v) is 2.60. The van der Waals surface area contributed by atoms with Gasteiger partial charge in [0.05, 0.1) is 19.3 Å². The summed E-state index contributed by atoms with van der Waals surface area (Å²) in [5.41, 5.74) is 1.40. The topological polar surface area (TPSA) is 32.7 Å². The lowest BCUT2D eigenvalue weighted by molar-refractivity contribution is -0.0781. The van der Waals surface area contributed by atoms with Crippen LogP contribution in [0.5, 0.6) is 0 Å². The molecule has 1 fully saturated rings. The maximum atomic E-state index is 9.20. The fraction of sp³-hybridized carbons (Fsp3) is 0.625. The molecule has 0 saturated carbocycles. The minimum absolute atomic E-state index is 0.0109. The lowest BCUT2D eigenvalue weighted by Crippen LogP contribution is -2.49. The molecule has 106 valence electrons.